The number of ether oxygens (including phenoxy) is 1. The molecular formula is C18H22F2N2O3. The van der Waals surface area contributed by atoms with E-state index in [0.717, 1.165) is 0 Å². The lowest BCUT2D eigenvalue weighted by atomic mass is 9.88. The molecule has 0 amide bonds. The van der Waals surface area contributed by atoms with Gasteiger partial charge in [0.2, 0.25) is 0 Å². The van der Waals surface area contributed by atoms with Gasteiger partial charge < -0.3 is 14.7 Å². The summed E-state index contributed by atoms with van der Waals surface area (Å²) in [6, 6.07) is 2.69. The Kier molecular flexibility index (Phi) is 3.91. The standard InChI is InChI=1S/C18H22F2N2O3/c1-17(2,3)25-16(23)10-18(24)4-6-22(7-5-18)15-9-13(19)12(11-21)8-14(15)20/h8-9,24H,4-7,10H2,1-3H3/i4D,5D,6D,7D. The van der Waals surface area contributed by atoms with Gasteiger partial charge in [-0.15, -0.1) is 0 Å². The van der Waals surface area contributed by atoms with Crippen molar-refractivity contribution in [3.8, 4) is 6.07 Å². The van der Waals surface area contributed by atoms with Crippen molar-refractivity contribution < 1.29 is 28.9 Å². The molecule has 1 aliphatic rings. The smallest absolute Gasteiger partial charge is 0.309 e. The third kappa shape index (κ3) is 4.89. The topological polar surface area (TPSA) is 73.6 Å². The molecule has 0 aliphatic carbocycles. The highest BCUT2D eigenvalue weighted by Crippen LogP contribution is 2.31. The maximum atomic E-state index is 14.4. The number of piperidine rings is 1. The van der Waals surface area contributed by atoms with Gasteiger partial charge in [-0.3, -0.25) is 4.79 Å². The van der Waals surface area contributed by atoms with Crippen LogP contribution in [0.2, 0.25) is 0 Å². The quantitative estimate of drug-likeness (QED) is 0.843. The van der Waals surface area contributed by atoms with Crippen LogP contribution in [0.4, 0.5) is 14.5 Å². The lowest BCUT2D eigenvalue weighted by Gasteiger charge is -2.39. The van der Waals surface area contributed by atoms with Crippen molar-refractivity contribution in [3.05, 3.63) is 29.3 Å². The second-order valence-electron chi connectivity index (χ2n) is 6.69. The number of aliphatic hydroxyl groups is 1. The van der Waals surface area contributed by atoms with E-state index in [1.54, 1.807) is 20.8 Å². The highest BCUT2D eigenvalue weighted by atomic mass is 19.1. The summed E-state index contributed by atoms with van der Waals surface area (Å²) in [6.45, 7) is 1.21. The van der Waals surface area contributed by atoms with E-state index in [1.165, 1.54) is 6.07 Å². The van der Waals surface area contributed by atoms with Gasteiger partial charge in [0, 0.05) is 24.6 Å². The molecule has 1 aromatic carbocycles. The number of carbonyl (C=O) groups is 1. The molecule has 7 heteroatoms. The molecule has 0 aromatic heterocycles. The van der Waals surface area contributed by atoms with Crippen LogP contribution in [0.25, 0.3) is 0 Å². The highest BCUT2D eigenvalue weighted by Gasteiger charge is 2.36. The van der Waals surface area contributed by atoms with Gasteiger partial charge in [0.25, 0.3) is 0 Å². The lowest BCUT2D eigenvalue weighted by molar-refractivity contribution is -0.161. The van der Waals surface area contributed by atoms with Crippen LogP contribution in [-0.2, 0) is 9.53 Å². The second kappa shape index (κ2) is 6.96. The minimum Gasteiger partial charge on any atom is -0.460 e. The fraction of sp³-hybridized carbons (Fsp3) is 0.556. The molecule has 1 heterocycles. The zero-order valence-corrected chi connectivity index (χ0v) is 14.1. The molecule has 4 unspecified atom stereocenters. The molecule has 25 heavy (non-hydrogen) atoms. The number of hydrogen-bond donors (Lipinski definition) is 1. The number of carbonyl (C=O) groups excluding carboxylic acids is 1. The molecular weight excluding hydrogens is 330 g/mol. The molecule has 0 saturated carbocycles. The van der Waals surface area contributed by atoms with Crippen molar-refractivity contribution in [2.24, 2.45) is 0 Å². The number of nitrogens with zero attached hydrogens (tertiary/aromatic N) is 2. The van der Waals surface area contributed by atoms with Gasteiger partial charge in [-0.25, -0.2) is 8.78 Å². The molecule has 1 aliphatic heterocycles. The van der Waals surface area contributed by atoms with Gasteiger partial charge in [-0.2, -0.15) is 5.26 Å². The predicted octanol–water partition coefficient (Wildman–Crippen LogP) is 2.90. The molecule has 136 valence electrons. The van der Waals surface area contributed by atoms with E-state index in [1.807, 2.05) is 0 Å². The van der Waals surface area contributed by atoms with E-state index in [2.05, 4.69) is 0 Å². The molecule has 4 atom stereocenters. The average Bonchev–Trinajstić information content (AvgIpc) is 2.59. The molecule has 2 rings (SSSR count). The summed E-state index contributed by atoms with van der Waals surface area (Å²) in [5.74, 6) is -3.09. The molecule has 1 aromatic rings. The van der Waals surface area contributed by atoms with Gasteiger partial charge in [-0.1, -0.05) is 0 Å². The van der Waals surface area contributed by atoms with E-state index in [4.69, 9.17) is 15.5 Å². The first-order valence-corrected chi connectivity index (χ1v) is 7.53. The van der Waals surface area contributed by atoms with Gasteiger partial charge >= 0.3 is 5.97 Å². The number of esters is 1. The van der Waals surface area contributed by atoms with Crippen molar-refractivity contribution in [2.75, 3.05) is 17.9 Å². The Morgan fingerprint density at radius 2 is 2.00 bits per heavy atom. The predicted molar refractivity (Wildman–Crippen MR) is 87.9 cm³/mol. The Balaban J connectivity index is 2.40. The van der Waals surface area contributed by atoms with Crippen LogP contribution >= 0.6 is 0 Å². The van der Waals surface area contributed by atoms with E-state index in [0.29, 0.717) is 17.0 Å². The van der Waals surface area contributed by atoms with Gasteiger partial charge in [0.1, 0.15) is 23.3 Å². The second-order valence-corrected chi connectivity index (χ2v) is 6.69. The Hall–Kier alpha value is -2.20. The van der Waals surface area contributed by atoms with Gasteiger partial charge in [-0.05, 0) is 39.6 Å². The number of halogens is 2. The summed E-state index contributed by atoms with van der Waals surface area (Å²) < 4.78 is 66.3. The van der Waals surface area contributed by atoms with Crippen LogP contribution in [-0.4, -0.2) is 35.3 Å². The number of hydrogen-bond acceptors (Lipinski definition) is 5. The number of nitriles is 1. The van der Waals surface area contributed by atoms with Crippen LogP contribution in [0.1, 0.15) is 51.0 Å². The monoisotopic (exact) mass is 356 g/mol. The molecule has 1 fully saturated rings. The zero-order chi connectivity index (χ0) is 22.3. The Labute approximate surface area is 151 Å². The zero-order valence-electron chi connectivity index (χ0n) is 18.1. The largest absolute Gasteiger partial charge is 0.460 e. The van der Waals surface area contributed by atoms with E-state index in [-0.39, 0.29) is 0 Å². The third-order valence-electron chi connectivity index (χ3n) is 3.33. The number of benzene rings is 1. The van der Waals surface area contributed by atoms with Crippen molar-refractivity contribution in [2.45, 2.75) is 51.2 Å². The number of anilines is 1. The molecule has 0 spiro atoms. The number of rotatable bonds is 3. The summed E-state index contributed by atoms with van der Waals surface area (Å²) in [6.07, 6.45) is -4.44. The summed E-state index contributed by atoms with van der Waals surface area (Å²) in [7, 11) is 0. The van der Waals surface area contributed by atoms with Crippen LogP contribution in [0.3, 0.4) is 0 Å². The lowest BCUT2D eigenvalue weighted by Crippen LogP contribution is -2.46. The van der Waals surface area contributed by atoms with Crippen molar-refractivity contribution in [3.63, 3.8) is 0 Å². The first-order chi connectivity index (χ1) is 13.2. The first-order valence-electron chi connectivity index (χ1n) is 9.84. The Bertz CT molecular complexity index is 828. The fourth-order valence-electron chi connectivity index (χ4n) is 2.23. The van der Waals surface area contributed by atoms with Gasteiger partial charge in [0.15, 0.2) is 0 Å². The Morgan fingerprint density at radius 3 is 2.52 bits per heavy atom. The Morgan fingerprint density at radius 1 is 1.40 bits per heavy atom. The van der Waals surface area contributed by atoms with Crippen molar-refractivity contribution in [1.82, 2.24) is 0 Å². The minimum atomic E-state index is -2.40. The highest BCUT2D eigenvalue weighted by molar-refractivity contribution is 5.71. The van der Waals surface area contributed by atoms with Crippen LogP contribution < -0.4 is 4.90 Å². The summed E-state index contributed by atoms with van der Waals surface area (Å²) in [5, 5.41) is 19.6. The first kappa shape index (κ1) is 14.0. The van der Waals surface area contributed by atoms with Crippen LogP contribution in [0, 0.1) is 23.0 Å². The van der Waals surface area contributed by atoms with Crippen LogP contribution in [0.5, 0.6) is 0 Å². The summed E-state index contributed by atoms with van der Waals surface area (Å²) in [5.41, 5.74) is -4.43. The summed E-state index contributed by atoms with van der Waals surface area (Å²) in [4.78, 5) is 12.8. The third-order valence-corrected chi connectivity index (χ3v) is 3.33. The average molecular weight is 356 g/mol. The molecule has 0 bridgehead atoms. The molecule has 0 radical (unpaired) electrons. The SMILES string of the molecule is [2H]C1C([2H])C(O)(CC(=O)OC(C)(C)C)C([2H])C([2H])N1c1cc(F)c(C#N)cc1F. The molecule has 1 saturated heterocycles. The maximum absolute atomic E-state index is 14.4. The molecule has 5 nitrogen and oxygen atoms in total. The fourth-order valence-corrected chi connectivity index (χ4v) is 2.23. The van der Waals surface area contributed by atoms with Crippen LogP contribution in [0.15, 0.2) is 12.1 Å². The maximum Gasteiger partial charge on any atom is 0.309 e. The van der Waals surface area contributed by atoms with E-state index >= 15 is 0 Å². The van der Waals surface area contributed by atoms with E-state index < -0.39 is 72.3 Å². The van der Waals surface area contributed by atoms with Crippen molar-refractivity contribution in [1.29, 1.82) is 5.26 Å². The summed E-state index contributed by atoms with van der Waals surface area (Å²) >= 11 is 0. The minimum absolute atomic E-state index is 0.572. The molecule has 1 N–H and O–H groups in total. The van der Waals surface area contributed by atoms with Crippen molar-refractivity contribution >= 4 is 11.7 Å². The van der Waals surface area contributed by atoms with Gasteiger partial charge in [0.05, 0.1) is 23.3 Å². The normalized spacial score (nSPS) is 35.0. The van der Waals surface area contributed by atoms with E-state index in [9.17, 15) is 18.7 Å².